The highest BCUT2D eigenvalue weighted by atomic mass is 16.2. The predicted octanol–water partition coefficient (Wildman–Crippen LogP) is 2.26. The fourth-order valence-corrected chi connectivity index (χ4v) is 2.60. The molecule has 1 atom stereocenters. The topological polar surface area (TPSA) is 71.0 Å². The quantitative estimate of drug-likeness (QED) is 0.941. The third-order valence-corrected chi connectivity index (χ3v) is 3.88. The van der Waals surface area contributed by atoms with Gasteiger partial charge in [-0.2, -0.15) is 0 Å². The van der Waals surface area contributed by atoms with Gasteiger partial charge in [-0.15, -0.1) is 0 Å². The van der Waals surface area contributed by atoms with Crippen LogP contribution in [0.15, 0.2) is 30.6 Å². The Hall–Kier alpha value is -2.50. The second-order valence-electron chi connectivity index (χ2n) is 5.60. The minimum Gasteiger partial charge on any atom is -0.342 e. The van der Waals surface area contributed by atoms with Gasteiger partial charge in [0.25, 0.3) is 0 Å². The van der Waals surface area contributed by atoms with Crippen LogP contribution in [-0.4, -0.2) is 38.8 Å². The summed E-state index contributed by atoms with van der Waals surface area (Å²) in [5.74, 6) is 1.66. The Balaban J connectivity index is 1.73. The minimum atomic E-state index is 0.124. The highest BCUT2D eigenvalue weighted by Gasteiger charge is 2.26. The van der Waals surface area contributed by atoms with Crippen molar-refractivity contribution in [1.82, 2.24) is 19.9 Å². The number of hydrogen-bond acceptors (Lipinski definition) is 5. The average Bonchev–Trinajstić information content (AvgIpc) is 3.00. The van der Waals surface area contributed by atoms with E-state index in [1.165, 1.54) is 0 Å². The second kappa shape index (κ2) is 6.09. The standard InChI is InChI=1S/C16H19N5O/c1-11-3-4-15(18-9-11)20-16-17-7-5-14(19-16)13-6-8-21(10-13)12(2)22/h3-5,7,9,13H,6,8,10H2,1-2H3,(H,17,18,19,20)/t13-/m0/s1. The number of anilines is 2. The van der Waals surface area contributed by atoms with Crippen LogP contribution < -0.4 is 5.32 Å². The normalized spacial score (nSPS) is 17.5. The maximum Gasteiger partial charge on any atom is 0.228 e. The fourth-order valence-electron chi connectivity index (χ4n) is 2.60. The third kappa shape index (κ3) is 3.21. The van der Waals surface area contributed by atoms with Gasteiger partial charge in [-0.05, 0) is 31.0 Å². The van der Waals surface area contributed by atoms with Crippen molar-refractivity contribution in [2.45, 2.75) is 26.2 Å². The highest BCUT2D eigenvalue weighted by Crippen LogP contribution is 2.26. The van der Waals surface area contributed by atoms with Crippen LogP contribution in [0.4, 0.5) is 11.8 Å². The number of carbonyl (C=O) groups excluding carboxylic acids is 1. The van der Waals surface area contributed by atoms with Crippen molar-refractivity contribution in [3.63, 3.8) is 0 Å². The van der Waals surface area contributed by atoms with Crippen molar-refractivity contribution in [3.8, 4) is 0 Å². The van der Waals surface area contributed by atoms with Crippen LogP contribution in [0.3, 0.4) is 0 Å². The smallest absolute Gasteiger partial charge is 0.228 e. The summed E-state index contributed by atoms with van der Waals surface area (Å²) in [5.41, 5.74) is 2.07. The van der Waals surface area contributed by atoms with Gasteiger partial charge >= 0.3 is 0 Å². The van der Waals surface area contributed by atoms with Crippen LogP contribution in [0.25, 0.3) is 0 Å². The molecule has 0 radical (unpaired) electrons. The lowest BCUT2D eigenvalue weighted by Gasteiger charge is -2.14. The maximum absolute atomic E-state index is 11.4. The van der Waals surface area contributed by atoms with E-state index in [0.717, 1.165) is 36.6 Å². The van der Waals surface area contributed by atoms with Crippen LogP contribution in [0.1, 0.15) is 30.5 Å². The molecule has 22 heavy (non-hydrogen) atoms. The lowest BCUT2D eigenvalue weighted by atomic mass is 10.1. The summed E-state index contributed by atoms with van der Waals surface area (Å²) in [6, 6.07) is 5.81. The van der Waals surface area contributed by atoms with Crippen molar-refractivity contribution in [3.05, 3.63) is 41.9 Å². The van der Waals surface area contributed by atoms with E-state index in [1.54, 1.807) is 19.3 Å². The molecule has 2 aromatic heterocycles. The molecule has 1 aliphatic heterocycles. The summed E-state index contributed by atoms with van der Waals surface area (Å²) < 4.78 is 0. The van der Waals surface area contributed by atoms with Gasteiger partial charge in [0.1, 0.15) is 5.82 Å². The van der Waals surface area contributed by atoms with Gasteiger partial charge in [0, 0.05) is 38.3 Å². The molecule has 1 N–H and O–H groups in total. The number of aromatic nitrogens is 3. The van der Waals surface area contributed by atoms with Crippen LogP contribution in [-0.2, 0) is 4.79 Å². The molecule has 3 heterocycles. The van der Waals surface area contributed by atoms with E-state index in [1.807, 2.05) is 30.0 Å². The van der Waals surface area contributed by atoms with Gasteiger partial charge in [0.2, 0.25) is 11.9 Å². The molecule has 3 rings (SSSR count). The van der Waals surface area contributed by atoms with Gasteiger partial charge in [0.15, 0.2) is 0 Å². The SMILES string of the molecule is CC(=O)N1CC[C@H](c2ccnc(Nc3ccc(C)cn3)n2)C1. The highest BCUT2D eigenvalue weighted by molar-refractivity contribution is 5.73. The molecule has 0 aliphatic carbocycles. The predicted molar refractivity (Wildman–Crippen MR) is 83.9 cm³/mol. The van der Waals surface area contributed by atoms with Gasteiger partial charge in [-0.3, -0.25) is 4.79 Å². The summed E-state index contributed by atoms with van der Waals surface area (Å²) >= 11 is 0. The summed E-state index contributed by atoms with van der Waals surface area (Å²) in [4.78, 5) is 26.4. The van der Waals surface area contributed by atoms with Gasteiger partial charge in [-0.1, -0.05) is 6.07 Å². The molecule has 0 spiro atoms. The molecule has 1 aliphatic rings. The first-order chi connectivity index (χ1) is 10.6. The Morgan fingerprint density at radius 2 is 2.18 bits per heavy atom. The van der Waals surface area contributed by atoms with Crippen molar-refractivity contribution >= 4 is 17.7 Å². The van der Waals surface area contributed by atoms with E-state index < -0.39 is 0 Å². The van der Waals surface area contributed by atoms with Crippen LogP contribution in [0.2, 0.25) is 0 Å². The Morgan fingerprint density at radius 1 is 1.32 bits per heavy atom. The molecule has 0 bridgehead atoms. The van der Waals surface area contributed by atoms with Crippen molar-refractivity contribution < 1.29 is 4.79 Å². The largest absolute Gasteiger partial charge is 0.342 e. The van der Waals surface area contributed by atoms with E-state index in [-0.39, 0.29) is 11.8 Å². The monoisotopic (exact) mass is 297 g/mol. The molecular formula is C16H19N5O. The number of rotatable bonds is 3. The number of hydrogen-bond donors (Lipinski definition) is 1. The Labute approximate surface area is 129 Å². The van der Waals surface area contributed by atoms with Gasteiger partial charge < -0.3 is 10.2 Å². The number of likely N-dealkylation sites (tertiary alicyclic amines) is 1. The lowest BCUT2D eigenvalue weighted by Crippen LogP contribution is -2.25. The molecule has 0 aromatic carbocycles. The zero-order valence-electron chi connectivity index (χ0n) is 12.8. The van der Waals surface area contributed by atoms with Crippen molar-refractivity contribution in [1.29, 1.82) is 0 Å². The van der Waals surface area contributed by atoms with Gasteiger partial charge in [-0.25, -0.2) is 15.0 Å². The zero-order valence-corrected chi connectivity index (χ0v) is 12.8. The Bertz CT molecular complexity index is 670. The fraction of sp³-hybridized carbons (Fsp3) is 0.375. The number of carbonyl (C=O) groups is 1. The summed E-state index contributed by atoms with van der Waals surface area (Å²) in [6.07, 6.45) is 4.49. The number of nitrogens with zero attached hydrogens (tertiary/aromatic N) is 4. The first kappa shape index (κ1) is 14.4. The molecule has 6 nitrogen and oxygen atoms in total. The van der Waals surface area contributed by atoms with E-state index >= 15 is 0 Å². The number of nitrogens with one attached hydrogen (secondary N) is 1. The lowest BCUT2D eigenvalue weighted by molar-refractivity contribution is -0.127. The molecule has 1 saturated heterocycles. The molecule has 6 heteroatoms. The van der Waals surface area contributed by atoms with Crippen LogP contribution in [0.5, 0.6) is 0 Å². The number of pyridine rings is 1. The average molecular weight is 297 g/mol. The third-order valence-electron chi connectivity index (χ3n) is 3.88. The van der Waals surface area contributed by atoms with E-state index in [0.29, 0.717) is 5.95 Å². The number of amides is 1. The molecule has 114 valence electrons. The van der Waals surface area contributed by atoms with E-state index in [2.05, 4.69) is 20.3 Å². The summed E-state index contributed by atoms with van der Waals surface area (Å²) in [5, 5.41) is 3.12. The summed E-state index contributed by atoms with van der Waals surface area (Å²) in [6.45, 7) is 5.13. The minimum absolute atomic E-state index is 0.124. The van der Waals surface area contributed by atoms with Crippen molar-refractivity contribution in [2.75, 3.05) is 18.4 Å². The summed E-state index contributed by atoms with van der Waals surface area (Å²) in [7, 11) is 0. The molecule has 1 fully saturated rings. The molecule has 0 saturated carbocycles. The Kier molecular flexibility index (Phi) is 4.00. The van der Waals surface area contributed by atoms with E-state index in [9.17, 15) is 4.79 Å². The maximum atomic E-state index is 11.4. The first-order valence-electron chi connectivity index (χ1n) is 7.40. The zero-order chi connectivity index (χ0) is 15.5. The van der Waals surface area contributed by atoms with E-state index in [4.69, 9.17) is 0 Å². The van der Waals surface area contributed by atoms with Gasteiger partial charge in [0.05, 0.1) is 5.69 Å². The van der Waals surface area contributed by atoms with Crippen molar-refractivity contribution in [2.24, 2.45) is 0 Å². The molecular weight excluding hydrogens is 278 g/mol. The molecule has 0 unspecified atom stereocenters. The van der Waals surface area contributed by atoms with Crippen LogP contribution in [0, 0.1) is 6.92 Å². The Morgan fingerprint density at radius 3 is 2.86 bits per heavy atom. The molecule has 2 aromatic rings. The molecule has 1 amide bonds. The first-order valence-corrected chi connectivity index (χ1v) is 7.40. The second-order valence-corrected chi connectivity index (χ2v) is 5.60. The van der Waals surface area contributed by atoms with Crippen LogP contribution >= 0.6 is 0 Å². The number of aryl methyl sites for hydroxylation is 1.